The normalized spacial score (nSPS) is 10.8. The number of nitrogens with zero attached hydrogens (tertiary/aromatic N) is 1. The molecule has 42 heavy (non-hydrogen) atoms. The molecule has 0 aliphatic rings. The highest BCUT2D eigenvalue weighted by Crippen LogP contribution is 2.35. The van der Waals surface area contributed by atoms with Crippen molar-refractivity contribution in [3.05, 3.63) is 163 Å². The molecule has 4 heteroatoms. The molecule has 0 saturated carbocycles. The van der Waals surface area contributed by atoms with Gasteiger partial charge in [0.05, 0.1) is 7.11 Å². The predicted molar refractivity (Wildman–Crippen MR) is 169 cm³/mol. The smallest absolute Gasteiger partial charge is 0.119 e. The van der Waals surface area contributed by atoms with Gasteiger partial charge in [0.25, 0.3) is 0 Å². The van der Waals surface area contributed by atoms with E-state index in [1.165, 1.54) is 5.56 Å². The van der Waals surface area contributed by atoms with Crippen molar-refractivity contribution in [3.8, 4) is 39.5 Å². The first-order valence-electron chi connectivity index (χ1n) is 14.1. The Balaban J connectivity index is 1.24. The Labute approximate surface area is 247 Å². The van der Waals surface area contributed by atoms with Gasteiger partial charge >= 0.3 is 0 Å². The van der Waals surface area contributed by atoms with Crippen LogP contribution in [0.15, 0.2) is 146 Å². The molecular weight excluding hydrogens is 518 g/mol. The molecule has 0 aliphatic carbocycles. The van der Waals surface area contributed by atoms with Crippen LogP contribution in [0, 0.1) is 0 Å². The van der Waals surface area contributed by atoms with E-state index in [-0.39, 0.29) is 0 Å². The average Bonchev–Trinajstić information content (AvgIpc) is 3.48. The van der Waals surface area contributed by atoms with Gasteiger partial charge in [-0.15, -0.1) is 0 Å². The lowest BCUT2D eigenvalue weighted by Crippen LogP contribution is -1.96. The Kier molecular flexibility index (Phi) is 8.33. The SMILES string of the molecule is COc1ccc(Cn2cc(-c3ccc(OCc4ccccc4)cc3)c(-c3ccc(OCc4ccccc4)cc3)c2)cc1. The molecule has 6 aromatic rings. The summed E-state index contributed by atoms with van der Waals surface area (Å²) in [5.74, 6) is 2.56. The van der Waals surface area contributed by atoms with Crippen LogP contribution < -0.4 is 14.2 Å². The van der Waals surface area contributed by atoms with Gasteiger partial charge in [-0.3, -0.25) is 0 Å². The molecule has 208 valence electrons. The standard InChI is InChI=1S/C38H33NO3/c1-40-34-18-12-29(13-19-34)24-39-25-37(32-14-20-35(21-15-32)41-27-30-8-4-2-5-9-30)38(26-39)33-16-22-36(23-17-33)42-28-31-10-6-3-7-11-31/h2-23,25-26H,24,27-28H2,1H3. The fraction of sp³-hybridized carbons (Fsp3) is 0.105. The average molecular weight is 552 g/mol. The van der Waals surface area contributed by atoms with Crippen molar-refractivity contribution in [1.82, 2.24) is 4.57 Å². The lowest BCUT2D eigenvalue weighted by atomic mass is 9.99. The molecule has 0 spiro atoms. The first kappa shape index (κ1) is 27.0. The summed E-state index contributed by atoms with van der Waals surface area (Å²) in [6.07, 6.45) is 4.44. The van der Waals surface area contributed by atoms with Crippen molar-refractivity contribution in [2.45, 2.75) is 19.8 Å². The van der Waals surface area contributed by atoms with Crippen molar-refractivity contribution >= 4 is 0 Å². The van der Waals surface area contributed by atoms with Crippen molar-refractivity contribution in [3.63, 3.8) is 0 Å². The third kappa shape index (κ3) is 6.73. The lowest BCUT2D eigenvalue weighted by Gasteiger charge is -2.10. The molecule has 0 unspecified atom stereocenters. The highest BCUT2D eigenvalue weighted by molar-refractivity contribution is 5.83. The molecule has 1 heterocycles. The van der Waals surface area contributed by atoms with Crippen LogP contribution in [0.25, 0.3) is 22.3 Å². The van der Waals surface area contributed by atoms with E-state index in [9.17, 15) is 0 Å². The second kappa shape index (κ2) is 13.0. The number of benzene rings is 5. The maximum atomic E-state index is 6.04. The van der Waals surface area contributed by atoms with Gasteiger partial charge in [0.2, 0.25) is 0 Å². The zero-order chi connectivity index (χ0) is 28.6. The Morgan fingerprint density at radius 1 is 0.452 bits per heavy atom. The first-order valence-corrected chi connectivity index (χ1v) is 14.1. The predicted octanol–water partition coefficient (Wildman–Crippen LogP) is 9.04. The third-order valence-corrected chi connectivity index (χ3v) is 7.23. The summed E-state index contributed by atoms with van der Waals surface area (Å²) in [5, 5.41) is 0. The molecule has 0 saturated heterocycles. The molecule has 6 rings (SSSR count). The van der Waals surface area contributed by atoms with Gasteiger partial charge in [-0.05, 0) is 64.2 Å². The summed E-state index contributed by atoms with van der Waals surface area (Å²) < 4.78 is 19.7. The summed E-state index contributed by atoms with van der Waals surface area (Å²) in [4.78, 5) is 0. The number of hydrogen-bond donors (Lipinski definition) is 0. The minimum Gasteiger partial charge on any atom is -0.497 e. The summed E-state index contributed by atoms with van der Waals surface area (Å²) in [5.41, 5.74) is 8.10. The Bertz CT molecular complexity index is 1590. The Morgan fingerprint density at radius 2 is 0.881 bits per heavy atom. The number of hydrogen-bond acceptors (Lipinski definition) is 3. The van der Waals surface area contributed by atoms with Crippen LogP contribution in [0.3, 0.4) is 0 Å². The lowest BCUT2D eigenvalue weighted by molar-refractivity contribution is 0.306. The van der Waals surface area contributed by atoms with E-state index in [1.807, 2.05) is 72.8 Å². The highest BCUT2D eigenvalue weighted by Gasteiger charge is 2.13. The van der Waals surface area contributed by atoms with Gasteiger partial charge in [0.1, 0.15) is 30.5 Å². The van der Waals surface area contributed by atoms with Gasteiger partial charge in [0.15, 0.2) is 0 Å². The molecule has 5 aromatic carbocycles. The zero-order valence-electron chi connectivity index (χ0n) is 23.6. The molecule has 0 aliphatic heterocycles. The topological polar surface area (TPSA) is 32.6 Å². The van der Waals surface area contributed by atoms with Crippen LogP contribution in [-0.4, -0.2) is 11.7 Å². The van der Waals surface area contributed by atoms with Crippen LogP contribution in [-0.2, 0) is 19.8 Å². The summed E-state index contributed by atoms with van der Waals surface area (Å²) in [6.45, 7) is 1.85. The molecule has 1 aromatic heterocycles. The minimum atomic E-state index is 0.544. The maximum absolute atomic E-state index is 6.04. The minimum absolute atomic E-state index is 0.544. The molecule has 0 atom stereocenters. The van der Waals surface area contributed by atoms with E-state index >= 15 is 0 Å². The molecule has 0 fully saturated rings. The van der Waals surface area contributed by atoms with Gasteiger partial charge < -0.3 is 18.8 Å². The van der Waals surface area contributed by atoms with Crippen LogP contribution in [0.2, 0.25) is 0 Å². The molecule has 0 bridgehead atoms. The highest BCUT2D eigenvalue weighted by atomic mass is 16.5. The number of ether oxygens (including phenoxy) is 3. The maximum Gasteiger partial charge on any atom is 0.119 e. The molecule has 4 nitrogen and oxygen atoms in total. The van der Waals surface area contributed by atoms with Gasteiger partial charge in [-0.2, -0.15) is 0 Å². The van der Waals surface area contributed by atoms with E-state index in [2.05, 4.69) is 77.6 Å². The number of aromatic nitrogens is 1. The van der Waals surface area contributed by atoms with E-state index in [0.717, 1.165) is 57.2 Å². The van der Waals surface area contributed by atoms with Crippen LogP contribution in [0.1, 0.15) is 16.7 Å². The zero-order valence-corrected chi connectivity index (χ0v) is 23.6. The van der Waals surface area contributed by atoms with Crippen LogP contribution >= 0.6 is 0 Å². The van der Waals surface area contributed by atoms with Crippen LogP contribution in [0.4, 0.5) is 0 Å². The van der Waals surface area contributed by atoms with Crippen molar-refractivity contribution in [2.75, 3.05) is 7.11 Å². The second-order valence-electron chi connectivity index (χ2n) is 10.2. The van der Waals surface area contributed by atoms with E-state index in [0.29, 0.717) is 13.2 Å². The van der Waals surface area contributed by atoms with Gasteiger partial charge in [-0.1, -0.05) is 97.1 Å². The van der Waals surface area contributed by atoms with E-state index in [1.54, 1.807) is 7.11 Å². The van der Waals surface area contributed by atoms with Gasteiger partial charge in [-0.25, -0.2) is 0 Å². The summed E-state index contributed by atoms with van der Waals surface area (Å²) >= 11 is 0. The van der Waals surface area contributed by atoms with Crippen LogP contribution in [0.5, 0.6) is 17.2 Å². The van der Waals surface area contributed by atoms with Crippen molar-refractivity contribution < 1.29 is 14.2 Å². The summed E-state index contributed by atoms with van der Waals surface area (Å²) in [6, 6.07) is 45.4. The van der Waals surface area contributed by atoms with E-state index < -0.39 is 0 Å². The quantitative estimate of drug-likeness (QED) is 0.161. The monoisotopic (exact) mass is 551 g/mol. The molecule has 0 amide bonds. The van der Waals surface area contributed by atoms with Gasteiger partial charge in [0, 0.05) is 30.1 Å². The molecule has 0 radical (unpaired) electrons. The first-order chi connectivity index (χ1) is 20.7. The van der Waals surface area contributed by atoms with Crippen molar-refractivity contribution in [2.24, 2.45) is 0 Å². The second-order valence-corrected chi connectivity index (χ2v) is 10.2. The Morgan fingerprint density at radius 3 is 1.31 bits per heavy atom. The molecule has 0 N–H and O–H groups in total. The summed E-state index contributed by atoms with van der Waals surface area (Å²) in [7, 11) is 1.69. The van der Waals surface area contributed by atoms with E-state index in [4.69, 9.17) is 14.2 Å². The third-order valence-electron chi connectivity index (χ3n) is 7.23. The fourth-order valence-corrected chi connectivity index (χ4v) is 4.94. The Hall–Kier alpha value is -5.22. The number of methoxy groups -OCH3 is 1. The molecular formula is C38H33NO3. The van der Waals surface area contributed by atoms with Crippen molar-refractivity contribution in [1.29, 1.82) is 0 Å². The number of rotatable bonds is 11. The fourth-order valence-electron chi connectivity index (χ4n) is 4.94. The largest absolute Gasteiger partial charge is 0.497 e.